The lowest BCUT2D eigenvalue weighted by Crippen LogP contribution is -2.30. The summed E-state index contributed by atoms with van der Waals surface area (Å²) in [7, 11) is 3.26. The molecule has 0 aliphatic heterocycles. The Morgan fingerprint density at radius 3 is 1.97 bits per heavy atom. The number of ether oxygens (including phenoxy) is 2. The highest BCUT2D eigenvalue weighted by Crippen LogP contribution is 2.59. The lowest BCUT2D eigenvalue weighted by atomic mass is 9.85. The van der Waals surface area contributed by atoms with Crippen LogP contribution < -0.4 is 14.8 Å². The molecule has 0 heterocycles. The number of carbonyl (C=O) groups is 1. The van der Waals surface area contributed by atoms with E-state index in [1.807, 2.05) is 18.2 Å². The summed E-state index contributed by atoms with van der Waals surface area (Å²) in [6, 6.07) is 23.1. The number of hydrogen-bond donors (Lipinski definition) is 1. The maximum atomic E-state index is 13.2. The summed E-state index contributed by atoms with van der Waals surface area (Å²) in [5.41, 5.74) is 5.74. The predicted octanol–water partition coefficient (Wildman–Crippen LogP) is 4.99. The lowest BCUT2D eigenvalue weighted by Gasteiger charge is -2.19. The molecule has 1 N–H and O–H groups in total. The van der Waals surface area contributed by atoms with E-state index in [9.17, 15) is 4.79 Å². The topological polar surface area (TPSA) is 47.6 Å². The van der Waals surface area contributed by atoms with Crippen molar-refractivity contribution in [1.82, 2.24) is 5.32 Å². The molecule has 4 rings (SSSR count). The summed E-state index contributed by atoms with van der Waals surface area (Å²) >= 11 is 0. The molecule has 0 radical (unpaired) electrons. The van der Waals surface area contributed by atoms with Gasteiger partial charge < -0.3 is 14.8 Å². The molecule has 0 spiro atoms. The highest BCUT2D eigenvalue weighted by molar-refractivity contribution is 5.86. The maximum absolute atomic E-state index is 13.2. The van der Waals surface area contributed by atoms with Crippen molar-refractivity contribution in [2.75, 3.05) is 20.8 Å². The van der Waals surface area contributed by atoms with E-state index in [1.165, 1.54) is 22.3 Å². The minimum absolute atomic E-state index is 0.0571. The van der Waals surface area contributed by atoms with E-state index in [4.69, 9.17) is 9.47 Å². The van der Waals surface area contributed by atoms with Crippen LogP contribution in [0.3, 0.4) is 0 Å². The monoisotopic (exact) mass is 429 g/mol. The van der Waals surface area contributed by atoms with Crippen LogP contribution in [0.2, 0.25) is 0 Å². The third-order valence-corrected chi connectivity index (χ3v) is 6.57. The third-order valence-electron chi connectivity index (χ3n) is 6.57. The van der Waals surface area contributed by atoms with Crippen LogP contribution in [0.4, 0.5) is 0 Å². The molecule has 4 nitrogen and oxygen atoms in total. The van der Waals surface area contributed by atoms with Crippen LogP contribution in [-0.4, -0.2) is 26.7 Å². The Morgan fingerprint density at radius 1 is 0.875 bits per heavy atom. The summed E-state index contributed by atoms with van der Waals surface area (Å²) in [4.78, 5) is 13.2. The molecule has 1 aliphatic rings. The predicted molar refractivity (Wildman–Crippen MR) is 128 cm³/mol. The molecule has 32 heavy (non-hydrogen) atoms. The molecule has 166 valence electrons. The van der Waals surface area contributed by atoms with Crippen LogP contribution in [0.25, 0.3) is 0 Å². The summed E-state index contributed by atoms with van der Waals surface area (Å²) in [6.45, 7) is 4.77. The third kappa shape index (κ3) is 4.22. The molecule has 1 atom stereocenters. The van der Waals surface area contributed by atoms with Gasteiger partial charge in [-0.15, -0.1) is 0 Å². The molecule has 4 heteroatoms. The zero-order valence-corrected chi connectivity index (χ0v) is 19.3. The van der Waals surface area contributed by atoms with Crippen LogP contribution in [-0.2, 0) is 16.6 Å². The van der Waals surface area contributed by atoms with Gasteiger partial charge in [-0.25, -0.2) is 0 Å². The van der Waals surface area contributed by atoms with Crippen molar-refractivity contribution in [2.24, 2.45) is 5.92 Å². The van der Waals surface area contributed by atoms with Crippen LogP contribution in [0.15, 0.2) is 66.7 Å². The number of nitrogens with one attached hydrogen (secondary N) is 1. The van der Waals surface area contributed by atoms with E-state index in [1.54, 1.807) is 14.2 Å². The van der Waals surface area contributed by atoms with Gasteiger partial charge in [0.15, 0.2) is 11.5 Å². The molecular formula is C28H31NO3. The average molecular weight is 430 g/mol. The first-order valence-electron chi connectivity index (χ1n) is 11.1. The lowest BCUT2D eigenvalue weighted by molar-refractivity contribution is -0.122. The molecule has 0 bridgehead atoms. The van der Waals surface area contributed by atoms with E-state index in [0.717, 1.165) is 18.4 Å². The van der Waals surface area contributed by atoms with E-state index in [-0.39, 0.29) is 17.2 Å². The van der Waals surface area contributed by atoms with E-state index in [2.05, 4.69) is 67.7 Å². The molecule has 1 fully saturated rings. The standard InChI is InChI=1S/C28H31NO3/c1-19-5-10-22(11-6-19)28(23-12-7-20(2)8-13-23)18-24(28)27(30)29-16-15-21-9-14-25(31-3)26(17-21)32-4/h5-14,17,24H,15-16,18H2,1-4H3,(H,29,30)/t24-/m1/s1. The van der Waals surface area contributed by atoms with Crippen LogP contribution >= 0.6 is 0 Å². The average Bonchev–Trinajstić information content (AvgIpc) is 3.56. The normalized spacial score (nSPS) is 16.3. The van der Waals surface area contributed by atoms with Crippen LogP contribution in [0.5, 0.6) is 11.5 Å². The zero-order chi connectivity index (χ0) is 22.7. The molecule has 0 saturated heterocycles. The van der Waals surface area contributed by atoms with Gasteiger partial charge in [0.2, 0.25) is 5.91 Å². The van der Waals surface area contributed by atoms with Crippen LogP contribution in [0.1, 0.15) is 34.2 Å². The summed E-state index contributed by atoms with van der Waals surface area (Å²) in [5, 5.41) is 3.17. The van der Waals surface area contributed by atoms with Crippen molar-refractivity contribution in [1.29, 1.82) is 0 Å². The van der Waals surface area contributed by atoms with Crippen molar-refractivity contribution in [3.8, 4) is 11.5 Å². The number of carbonyl (C=O) groups excluding carboxylic acids is 1. The minimum Gasteiger partial charge on any atom is -0.493 e. The van der Waals surface area contributed by atoms with Gasteiger partial charge in [-0.2, -0.15) is 0 Å². The molecule has 0 unspecified atom stereocenters. The fourth-order valence-electron chi connectivity index (χ4n) is 4.58. The van der Waals surface area contributed by atoms with Crippen molar-refractivity contribution < 1.29 is 14.3 Å². The second kappa shape index (κ2) is 9.07. The van der Waals surface area contributed by atoms with Crippen molar-refractivity contribution in [3.63, 3.8) is 0 Å². The number of rotatable bonds is 8. The maximum Gasteiger partial charge on any atom is 0.224 e. The minimum atomic E-state index is -0.241. The van der Waals surface area contributed by atoms with E-state index < -0.39 is 0 Å². The Hall–Kier alpha value is -3.27. The largest absolute Gasteiger partial charge is 0.493 e. The summed E-state index contributed by atoms with van der Waals surface area (Å²) in [6.07, 6.45) is 1.57. The zero-order valence-electron chi connectivity index (χ0n) is 19.3. The first-order chi connectivity index (χ1) is 15.5. The number of amides is 1. The molecule has 1 saturated carbocycles. The quantitative estimate of drug-likeness (QED) is 0.549. The Labute approximate surface area is 190 Å². The SMILES string of the molecule is COc1ccc(CCNC(=O)[C@H]2CC2(c2ccc(C)cc2)c2ccc(C)cc2)cc1OC. The Balaban J connectivity index is 1.47. The number of methoxy groups -OCH3 is 2. The molecule has 0 aromatic heterocycles. The fourth-order valence-corrected chi connectivity index (χ4v) is 4.58. The van der Waals surface area contributed by atoms with Gasteiger partial charge in [0.05, 0.1) is 20.1 Å². The molecular weight excluding hydrogens is 398 g/mol. The van der Waals surface area contributed by atoms with Crippen LogP contribution in [0, 0.1) is 19.8 Å². The molecule has 3 aromatic rings. The Bertz CT molecular complexity index is 1040. The Morgan fingerprint density at radius 2 is 1.44 bits per heavy atom. The van der Waals surface area contributed by atoms with Gasteiger partial charge in [0.25, 0.3) is 0 Å². The van der Waals surface area contributed by atoms with Gasteiger partial charge in [-0.1, -0.05) is 65.7 Å². The number of hydrogen-bond acceptors (Lipinski definition) is 3. The first-order valence-corrected chi connectivity index (χ1v) is 11.1. The van der Waals surface area contributed by atoms with E-state index >= 15 is 0 Å². The van der Waals surface area contributed by atoms with Crippen molar-refractivity contribution in [3.05, 3.63) is 94.5 Å². The fraction of sp³-hybridized carbons (Fsp3) is 0.321. The first kappa shape index (κ1) is 21.9. The highest BCUT2D eigenvalue weighted by Gasteiger charge is 2.60. The van der Waals surface area contributed by atoms with Gasteiger partial charge in [0, 0.05) is 12.0 Å². The molecule has 1 aliphatic carbocycles. The molecule has 3 aromatic carbocycles. The van der Waals surface area contributed by atoms with Gasteiger partial charge >= 0.3 is 0 Å². The summed E-state index contributed by atoms with van der Waals surface area (Å²) < 4.78 is 10.7. The van der Waals surface area contributed by atoms with Crippen molar-refractivity contribution >= 4 is 5.91 Å². The second-order valence-electron chi connectivity index (χ2n) is 8.69. The van der Waals surface area contributed by atoms with E-state index in [0.29, 0.717) is 18.0 Å². The van der Waals surface area contributed by atoms with Gasteiger partial charge in [-0.05, 0) is 55.5 Å². The van der Waals surface area contributed by atoms with Crippen molar-refractivity contribution in [2.45, 2.75) is 32.1 Å². The van der Waals surface area contributed by atoms with Gasteiger partial charge in [-0.3, -0.25) is 4.79 Å². The molecule has 1 amide bonds. The van der Waals surface area contributed by atoms with Gasteiger partial charge in [0.1, 0.15) is 0 Å². The Kier molecular flexibility index (Phi) is 6.22. The number of benzene rings is 3. The summed E-state index contributed by atoms with van der Waals surface area (Å²) in [5.74, 6) is 1.47. The number of aryl methyl sites for hydroxylation is 2. The smallest absolute Gasteiger partial charge is 0.224 e. The second-order valence-corrected chi connectivity index (χ2v) is 8.69. The highest BCUT2D eigenvalue weighted by atomic mass is 16.5.